The normalized spacial score (nSPS) is 16.4. The van der Waals surface area contributed by atoms with Crippen LogP contribution in [0.5, 0.6) is 0 Å². The van der Waals surface area contributed by atoms with Crippen molar-refractivity contribution in [1.82, 2.24) is 10.3 Å². The summed E-state index contributed by atoms with van der Waals surface area (Å²) >= 11 is 1.55. The number of nitriles is 1. The maximum atomic E-state index is 13.0. The number of hydrogen-bond acceptors (Lipinski definition) is 6. The molecule has 3 rings (SSSR count). The van der Waals surface area contributed by atoms with Crippen molar-refractivity contribution in [3.63, 3.8) is 0 Å². The number of pyridine rings is 1. The third-order valence-corrected chi connectivity index (χ3v) is 5.21. The van der Waals surface area contributed by atoms with Crippen LogP contribution in [0, 0.1) is 11.3 Å². The molecule has 0 bridgehead atoms. The Morgan fingerprint density at radius 1 is 1.25 bits per heavy atom. The van der Waals surface area contributed by atoms with Gasteiger partial charge < -0.3 is 10.1 Å². The van der Waals surface area contributed by atoms with Gasteiger partial charge in [-0.25, -0.2) is 4.79 Å². The molecule has 28 heavy (non-hydrogen) atoms. The van der Waals surface area contributed by atoms with E-state index in [-0.39, 0.29) is 6.61 Å². The van der Waals surface area contributed by atoms with Gasteiger partial charge in [-0.2, -0.15) is 5.26 Å². The number of allylic oxidation sites excluding steroid dienone is 1. The molecule has 2 aromatic rings. The van der Waals surface area contributed by atoms with Crippen LogP contribution in [-0.2, 0) is 9.53 Å². The number of ether oxygens (including phenoxy) is 1. The Bertz CT molecular complexity index is 947. The fourth-order valence-corrected chi connectivity index (χ4v) is 3.96. The highest BCUT2D eigenvalue weighted by Crippen LogP contribution is 2.43. The zero-order chi connectivity index (χ0) is 19.9. The van der Waals surface area contributed by atoms with Crippen LogP contribution < -0.4 is 5.32 Å². The monoisotopic (exact) mass is 391 g/mol. The Balaban J connectivity index is 2.28. The van der Waals surface area contributed by atoms with Crippen LogP contribution in [0.3, 0.4) is 0 Å². The van der Waals surface area contributed by atoms with Gasteiger partial charge in [0.1, 0.15) is 0 Å². The molecule has 1 aliphatic heterocycles. The fraction of sp³-hybridized carbons (Fsp3) is 0.227. The predicted molar refractivity (Wildman–Crippen MR) is 111 cm³/mol. The van der Waals surface area contributed by atoms with E-state index in [4.69, 9.17) is 4.74 Å². The average molecular weight is 391 g/mol. The largest absolute Gasteiger partial charge is 0.463 e. The number of carbonyl (C=O) groups is 1. The van der Waals surface area contributed by atoms with Crippen LogP contribution in [0.15, 0.2) is 71.0 Å². The molecule has 142 valence electrons. The van der Waals surface area contributed by atoms with E-state index in [9.17, 15) is 10.1 Å². The van der Waals surface area contributed by atoms with Gasteiger partial charge in [-0.3, -0.25) is 4.98 Å². The molecule has 1 N–H and O–H groups in total. The van der Waals surface area contributed by atoms with E-state index in [1.165, 1.54) is 0 Å². The smallest absolute Gasteiger partial charge is 0.337 e. The highest BCUT2D eigenvalue weighted by molar-refractivity contribution is 8.03. The van der Waals surface area contributed by atoms with Crippen molar-refractivity contribution in [2.45, 2.75) is 19.8 Å². The van der Waals surface area contributed by atoms with Crippen LogP contribution in [0.2, 0.25) is 0 Å². The lowest BCUT2D eigenvalue weighted by Gasteiger charge is -2.30. The quantitative estimate of drug-likeness (QED) is 0.743. The fourth-order valence-electron chi connectivity index (χ4n) is 3.18. The van der Waals surface area contributed by atoms with E-state index < -0.39 is 11.9 Å². The third kappa shape index (κ3) is 3.95. The van der Waals surface area contributed by atoms with E-state index in [2.05, 4.69) is 16.4 Å². The Morgan fingerprint density at radius 2 is 2.04 bits per heavy atom. The summed E-state index contributed by atoms with van der Waals surface area (Å²) in [5, 5.41) is 14.0. The van der Waals surface area contributed by atoms with E-state index in [0.29, 0.717) is 16.8 Å². The zero-order valence-electron chi connectivity index (χ0n) is 15.8. The van der Waals surface area contributed by atoms with E-state index in [0.717, 1.165) is 21.9 Å². The standard InChI is InChI=1S/C22H21N3O2S/c1-3-27-22(26)19-18(16-11-8-12-24-14-16)17(13-23)21(28-4-2)25-20(19)15-9-6-5-7-10-15/h5-12,14,18,25H,3-4H2,1-2H3/t18-/m1/s1. The lowest BCUT2D eigenvalue weighted by atomic mass is 9.82. The molecule has 0 saturated heterocycles. The summed E-state index contributed by atoms with van der Waals surface area (Å²) in [7, 11) is 0. The number of aromatic nitrogens is 1. The molecule has 1 aliphatic rings. The molecule has 2 heterocycles. The highest BCUT2D eigenvalue weighted by atomic mass is 32.2. The molecule has 1 atom stereocenters. The number of benzene rings is 1. The number of nitrogens with zero attached hydrogens (tertiary/aromatic N) is 2. The summed E-state index contributed by atoms with van der Waals surface area (Å²) in [5.74, 6) is -0.177. The van der Waals surface area contributed by atoms with Crippen molar-refractivity contribution in [2.75, 3.05) is 12.4 Å². The first-order chi connectivity index (χ1) is 13.7. The molecule has 0 fully saturated rings. The number of nitrogens with one attached hydrogen (secondary N) is 1. The predicted octanol–water partition coefficient (Wildman–Crippen LogP) is 4.23. The summed E-state index contributed by atoms with van der Waals surface area (Å²) in [4.78, 5) is 17.2. The molecular weight excluding hydrogens is 370 g/mol. The van der Waals surface area contributed by atoms with Gasteiger partial charge in [-0.1, -0.05) is 43.3 Å². The second kappa shape index (κ2) is 9.25. The Morgan fingerprint density at radius 3 is 2.64 bits per heavy atom. The van der Waals surface area contributed by atoms with Crippen molar-refractivity contribution in [1.29, 1.82) is 5.26 Å². The van der Waals surface area contributed by atoms with Gasteiger partial charge in [0.05, 0.1) is 40.5 Å². The maximum absolute atomic E-state index is 13.0. The van der Waals surface area contributed by atoms with Crippen LogP contribution in [0.1, 0.15) is 30.9 Å². The van der Waals surface area contributed by atoms with Gasteiger partial charge in [0, 0.05) is 12.4 Å². The lowest BCUT2D eigenvalue weighted by molar-refractivity contribution is -0.138. The lowest BCUT2D eigenvalue weighted by Crippen LogP contribution is -2.29. The minimum atomic E-state index is -0.539. The second-order valence-electron chi connectivity index (χ2n) is 6.01. The first kappa shape index (κ1) is 19.7. The molecule has 5 nitrogen and oxygen atoms in total. The zero-order valence-corrected chi connectivity index (χ0v) is 16.6. The molecule has 0 aliphatic carbocycles. The number of hydrogen-bond donors (Lipinski definition) is 1. The molecule has 0 amide bonds. The van der Waals surface area contributed by atoms with Crippen LogP contribution in [0.4, 0.5) is 0 Å². The molecule has 6 heteroatoms. The minimum Gasteiger partial charge on any atom is -0.463 e. The van der Waals surface area contributed by atoms with Crippen molar-refractivity contribution in [3.8, 4) is 6.07 Å². The van der Waals surface area contributed by atoms with Gasteiger partial charge >= 0.3 is 5.97 Å². The third-order valence-electron chi connectivity index (χ3n) is 4.31. The molecule has 1 aromatic carbocycles. The Hall–Kier alpha value is -3.04. The van der Waals surface area contributed by atoms with Crippen LogP contribution in [-0.4, -0.2) is 23.3 Å². The Labute approximate surface area is 169 Å². The molecular formula is C22H21N3O2S. The number of rotatable bonds is 6. The van der Waals surface area contributed by atoms with Gasteiger partial charge in [0.15, 0.2) is 0 Å². The van der Waals surface area contributed by atoms with Crippen molar-refractivity contribution >= 4 is 23.4 Å². The maximum Gasteiger partial charge on any atom is 0.337 e. The number of thioether (sulfide) groups is 1. The SMILES string of the molecule is CCOC(=O)C1=C(c2ccccc2)NC(SCC)=C(C#N)[C@H]1c1cccnc1. The summed E-state index contributed by atoms with van der Waals surface area (Å²) in [6, 6.07) is 15.6. The van der Waals surface area contributed by atoms with Gasteiger partial charge in [0.2, 0.25) is 0 Å². The van der Waals surface area contributed by atoms with Gasteiger partial charge in [-0.15, -0.1) is 11.8 Å². The number of esters is 1. The van der Waals surface area contributed by atoms with Gasteiger partial charge in [-0.05, 0) is 29.9 Å². The number of carbonyl (C=O) groups excluding carboxylic acids is 1. The van der Waals surface area contributed by atoms with Crippen LogP contribution >= 0.6 is 11.8 Å². The van der Waals surface area contributed by atoms with E-state index in [1.54, 1.807) is 31.1 Å². The van der Waals surface area contributed by atoms with Crippen molar-refractivity contribution < 1.29 is 9.53 Å². The summed E-state index contributed by atoms with van der Waals surface area (Å²) in [5.41, 5.74) is 3.25. The highest BCUT2D eigenvalue weighted by Gasteiger charge is 2.37. The Kier molecular flexibility index (Phi) is 6.51. The van der Waals surface area contributed by atoms with Gasteiger partial charge in [0.25, 0.3) is 0 Å². The van der Waals surface area contributed by atoms with Crippen molar-refractivity contribution in [2.24, 2.45) is 0 Å². The first-order valence-corrected chi connectivity index (χ1v) is 10.1. The first-order valence-electron chi connectivity index (χ1n) is 9.11. The van der Waals surface area contributed by atoms with E-state index >= 15 is 0 Å². The second-order valence-corrected chi connectivity index (χ2v) is 7.28. The van der Waals surface area contributed by atoms with E-state index in [1.807, 2.05) is 49.4 Å². The topological polar surface area (TPSA) is 75.0 Å². The molecule has 0 radical (unpaired) electrons. The molecule has 0 saturated carbocycles. The molecule has 0 spiro atoms. The molecule has 0 unspecified atom stereocenters. The summed E-state index contributed by atoms with van der Waals surface area (Å²) < 4.78 is 5.38. The van der Waals surface area contributed by atoms with Crippen molar-refractivity contribution in [3.05, 3.63) is 82.2 Å². The summed E-state index contributed by atoms with van der Waals surface area (Å²) in [6.07, 6.45) is 3.37. The number of dihydropyridines is 1. The van der Waals surface area contributed by atoms with Crippen LogP contribution in [0.25, 0.3) is 5.70 Å². The molecule has 1 aromatic heterocycles. The average Bonchev–Trinajstić information content (AvgIpc) is 2.74. The minimum absolute atomic E-state index is 0.256. The summed E-state index contributed by atoms with van der Waals surface area (Å²) in [6.45, 7) is 4.06.